The largest absolute Gasteiger partial charge is 0.495 e. The summed E-state index contributed by atoms with van der Waals surface area (Å²) in [5.74, 6) is -3.00. The number of anilines is 2. The lowest BCUT2D eigenvalue weighted by Gasteiger charge is -2.28. The highest BCUT2D eigenvalue weighted by atomic mass is 19.2. The molecule has 2 atom stereocenters. The van der Waals surface area contributed by atoms with Crippen molar-refractivity contribution in [1.29, 1.82) is 0 Å². The van der Waals surface area contributed by atoms with Crippen LogP contribution in [0.15, 0.2) is 36.9 Å². The minimum atomic E-state index is -1.51. The van der Waals surface area contributed by atoms with Gasteiger partial charge in [0.2, 0.25) is 0 Å². The van der Waals surface area contributed by atoms with Crippen LogP contribution >= 0.6 is 0 Å². The number of rotatable bonds is 5. The second-order valence-corrected chi connectivity index (χ2v) is 7.49. The third-order valence-corrected chi connectivity index (χ3v) is 5.10. The number of β-amino-alcohol motifs (C(OH)–C–C–N with tert-alkyl or cyclic N) is 1. The molecule has 0 aromatic heterocycles. The van der Waals surface area contributed by atoms with Crippen LogP contribution < -0.4 is 15.0 Å². The van der Waals surface area contributed by atoms with Crippen LogP contribution in [0.4, 0.5) is 24.5 Å². The predicted molar refractivity (Wildman–Crippen MR) is 109 cm³/mol. The molecule has 0 saturated carbocycles. The highest BCUT2D eigenvalue weighted by Crippen LogP contribution is 2.34. The van der Waals surface area contributed by atoms with Crippen molar-refractivity contribution in [3.8, 4) is 5.75 Å². The summed E-state index contributed by atoms with van der Waals surface area (Å²) < 4.78 is 45.6. The van der Waals surface area contributed by atoms with Crippen molar-refractivity contribution in [2.45, 2.75) is 25.9 Å². The van der Waals surface area contributed by atoms with Crippen molar-refractivity contribution in [2.75, 3.05) is 30.4 Å². The molecule has 156 valence electrons. The zero-order valence-electron chi connectivity index (χ0n) is 16.5. The van der Waals surface area contributed by atoms with E-state index in [4.69, 9.17) is 4.74 Å². The Bertz CT molecular complexity index is 869. The third kappa shape index (κ3) is 4.85. The van der Waals surface area contributed by atoms with E-state index < -0.39 is 23.6 Å². The number of hydrogen-bond acceptors (Lipinski definition) is 4. The summed E-state index contributed by atoms with van der Waals surface area (Å²) in [7, 11) is 1.58. The summed E-state index contributed by atoms with van der Waals surface area (Å²) in [6.45, 7) is 7.33. The predicted octanol–water partition coefficient (Wildman–Crippen LogP) is 4.79. The van der Waals surface area contributed by atoms with Gasteiger partial charge < -0.3 is 20.1 Å². The van der Waals surface area contributed by atoms with Crippen LogP contribution in [0.3, 0.4) is 0 Å². The Morgan fingerprint density at radius 1 is 1.14 bits per heavy atom. The van der Waals surface area contributed by atoms with Gasteiger partial charge in [0.25, 0.3) is 0 Å². The summed E-state index contributed by atoms with van der Waals surface area (Å²) in [4.78, 5) is 2.08. The fourth-order valence-electron chi connectivity index (χ4n) is 3.56. The first kappa shape index (κ1) is 21.0. The number of methoxy groups -OCH3 is 1. The van der Waals surface area contributed by atoms with Gasteiger partial charge in [-0.05, 0) is 42.5 Å². The molecule has 1 aliphatic rings. The molecule has 2 unspecified atom stereocenters. The second-order valence-electron chi connectivity index (χ2n) is 7.49. The van der Waals surface area contributed by atoms with E-state index >= 15 is 0 Å². The van der Waals surface area contributed by atoms with Gasteiger partial charge in [0.1, 0.15) is 5.75 Å². The summed E-state index contributed by atoms with van der Waals surface area (Å²) >= 11 is 0. The van der Waals surface area contributed by atoms with Gasteiger partial charge in [-0.15, -0.1) is 0 Å². The average Bonchev–Trinajstić information content (AvgIpc) is 2.86. The van der Waals surface area contributed by atoms with Crippen LogP contribution in [0.2, 0.25) is 0 Å². The Labute approximate surface area is 168 Å². The highest BCUT2D eigenvalue weighted by Gasteiger charge is 2.23. The molecule has 1 aliphatic heterocycles. The Hall–Kier alpha value is -2.67. The van der Waals surface area contributed by atoms with E-state index in [1.807, 2.05) is 6.07 Å². The van der Waals surface area contributed by atoms with E-state index in [1.165, 1.54) is 0 Å². The standard InChI is InChI=1S/C22H25F3N2O2/c1-13-4-6-17(28)12-27(11-13)20-8-15(5-7-21(20)29-3)14(2)26-16-9-18(23)22(25)19(24)10-16/h5,7-10,13,17,26,28H,2,4,6,11-12H2,1,3H3. The van der Waals surface area contributed by atoms with E-state index in [2.05, 4.69) is 23.7 Å². The molecule has 0 radical (unpaired) electrons. The fourth-order valence-corrected chi connectivity index (χ4v) is 3.56. The number of hydrogen-bond donors (Lipinski definition) is 2. The first-order chi connectivity index (χ1) is 13.8. The second kappa shape index (κ2) is 8.78. The molecule has 0 spiro atoms. The molecule has 29 heavy (non-hydrogen) atoms. The maximum Gasteiger partial charge on any atom is 0.194 e. The Morgan fingerprint density at radius 3 is 2.48 bits per heavy atom. The monoisotopic (exact) mass is 406 g/mol. The van der Waals surface area contributed by atoms with Crippen LogP contribution in [-0.4, -0.2) is 31.4 Å². The maximum absolute atomic E-state index is 13.5. The Kier molecular flexibility index (Phi) is 6.37. The molecule has 2 aromatic rings. The minimum absolute atomic E-state index is 0.0579. The fraction of sp³-hybridized carbons (Fsp3) is 0.364. The summed E-state index contributed by atoms with van der Waals surface area (Å²) in [6.07, 6.45) is 1.26. The van der Waals surface area contributed by atoms with Crippen LogP contribution in [0.25, 0.3) is 5.70 Å². The lowest BCUT2D eigenvalue weighted by molar-refractivity contribution is 0.172. The molecule has 0 bridgehead atoms. The average molecular weight is 406 g/mol. The zero-order chi connectivity index (χ0) is 21.1. The van der Waals surface area contributed by atoms with Crippen molar-refractivity contribution in [3.63, 3.8) is 0 Å². The topological polar surface area (TPSA) is 44.7 Å². The molecular formula is C22H25F3N2O2. The molecule has 1 heterocycles. The van der Waals surface area contributed by atoms with Gasteiger partial charge in [0, 0.05) is 36.6 Å². The molecule has 4 nitrogen and oxygen atoms in total. The van der Waals surface area contributed by atoms with Gasteiger partial charge in [-0.3, -0.25) is 0 Å². The Morgan fingerprint density at radius 2 is 1.83 bits per heavy atom. The Balaban J connectivity index is 1.88. The van der Waals surface area contributed by atoms with E-state index in [0.717, 1.165) is 37.2 Å². The van der Waals surface area contributed by atoms with Gasteiger partial charge in [-0.1, -0.05) is 13.5 Å². The molecule has 0 aliphatic carbocycles. The number of ether oxygens (including phenoxy) is 1. The first-order valence-corrected chi connectivity index (χ1v) is 9.50. The van der Waals surface area contributed by atoms with Gasteiger partial charge in [-0.2, -0.15) is 0 Å². The number of benzene rings is 2. The van der Waals surface area contributed by atoms with Gasteiger partial charge in [0.15, 0.2) is 17.5 Å². The van der Waals surface area contributed by atoms with Crippen LogP contribution in [0.1, 0.15) is 25.3 Å². The summed E-state index contributed by atoms with van der Waals surface area (Å²) in [6, 6.07) is 7.16. The molecule has 2 N–H and O–H groups in total. The summed E-state index contributed by atoms with van der Waals surface area (Å²) in [5, 5.41) is 13.1. The van der Waals surface area contributed by atoms with E-state index in [9.17, 15) is 18.3 Å². The first-order valence-electron chi connectivity index (χ1n) is 9.50. The number of halogens is 3. The molecule has 1 fully saturated rings. The lowest BCUT2D eigenvalue weighted by Crippen LogP contribution is -2.32. The van der Waals surface area contributed by atoms with Gasteiger partial charge >= 0.3 is 0 Å². The normalized spacial score (nSPS) is 19.6. The number of nitrogens with zero attached hydrogens (tertiary/aromatic N) is 1. The number of aliphatic hydroxyl groups is 1. The van der Waals surface area contributed by atoms with Crippen molar-refractivity contribution in [2.24, 2.45) is 5.92 Å². The van der Waals surface area contributed by atoms with Crippen molar-refractivity contribution in [3.05, 3.63) is 59.9 Å². The van der Waals surface area contributed by atoms with Crippen molar-refractivity contribution in [1.82, 2.24) is 0 Å². The maximum atomic E-state index is 13.5. The smallest absolute Gasteiger partial charge is 0.194 e. The molecule has 7 heteroatoms. The van der Waals surface area contributed by atoms with Crippen molar-refractivity contribution >= 4 is 17.1 Å². The van der Waals surface area contributed by atoms with Gasteiger partial charge in [-0.25, -0.2) is 13.2 Å². The number of nitrogens with one attached hydrogen (secondary N) is 1. The molecule has 0 amide bonds. The lowest BCUT2D eigenvalue weighted by atomic mass is 10.1. The molecule has 3 rings (SSSR count). The SMILES string of the molecule is C=C(Nc1cc(F)c(F)c(F)c1)c1ccc(OC)c(N2CC(C)CCC(O)C2)c1. The molecule has 2 aromatic carbocycles. The zero-order valence-corrected chi connectivity index (χ0v) is 16.5. The van der Waals surface area contributed by atoms with Gasteiger partial charge in [0.05, 0.1) is 18.9 Å². The highest BCUT2D eigenvalue weighted by molar-refractivity contribution is 5.78. The minimum Gasteiger partial charge on any atom is -0.495 e. The van der Waals surface area contributed by atoms with Crippen LogP contribution in [0, 0.1) is 23.4 Å². The molecule has 1 saturated heterocycles. The van der Waals surface area contributed by atoms with Crippen LogP contribution in [0.5, 0.6) is 5.75 Å². The van der Waals surface area contributed by atoms with Crippen LogP contribution in [-0.2, 0) is 0 Å². The molecular weight excluding hydrogens is 381 g/mol. The van der Waals surface area contributed by atoms with E-state index in [0.29, 0.717) is 29.5 Å². The quantitative estimate of drug-likeness (QED) is 0.701. The summed E-state index contributed by atoms with van der Waals surface area (Å²) in [5.41, 5.74) is 1.93. The third-order valence-electron chi connectivity index (χ3n) is 5.10. The van der Waals surface area contributed by atoms with Crippen molar-refractivity contribution < 1.29 is 23.0 Å². The number of aliphatic hydroxyl groups excluding tert-OH is 1. The van der Waals surface area contributed by atoms with E-state index in [1.54, 1.807) is 19.2 Å². The van der Waals surface area contributed by atoms with E-state index in [-0.39, 0.29) is 5.69 Å².